The van der Waals surface area contributed by atoms with E-state index in [1.54, 1.807) is 48.4 Å². The second-order valence-electron chi connectivity index (χ2n) is 6.53. The van der Waals surface area contributed by atoms with E-state index in [4.69, 9.17) is 13.7 Å². The molecule has 0 saturated heterocycles. The number of benzene rings is 2. The van der Waals surface area contributed by atoms with E-state index in [0.717, 1.165) is 11.8 Å². The van der Waals surface area contributed by atoms with Crippen LogP contribution in [0.25, 0.3) is 0 Å². The lowest BCUT2D eigenvalue weighted by molar-refractivity contribution is 0.0686. The van der Waals surface area contributed by atoms with Gasteiger partial charge in [0.25, 0.3) is 5.91 Å². The van der Waals surface area contributed by atoms with Crippen LogP contribution in [0.15, 0.2) is 42.5 Å². The zero-order valence-electron chi connectivity index (χ0n) is 16.6. The molecule has 0 aromatic heterocycles. The van der Waals surface area contributed by atoms with E-state index in [1.807, 2.05) is 19.9 Å². The minimum Gasteiger partial charge on any atom is -0.497 e. The highest BCUT2D eigenvalue weighted by Crippen LogP contribution is 2.27. The van der Waals surface area contributed by atoms with Gasteiger partial charge in [0.15, 0.2) is 0 Å². The molecular weight excluding hydrogens is 382 g/mol. The Hall–Kier alpha value is -2.74. The highest BCUT2D eigenvalue weighted by molar-refractivity contribution is 7.86. The molecule has 0 aliphatic heterocycles. The van der Waals surface area contributed by atoms with Crippen LogP contribution >= 0.6 is 0 Å². The molecule has 152 valence electrons. The number of nitrogens with zero attached hydrogens (tertiary/aromatic N) is 1. The van der Waals surface area contributed by atoms with Crippen LogP contribution in [0.5, 0.6) is 17.2 Å². The number of carbonyl (C=O) groups is 1. The van der Waals surface area contributed by atoms with Crippen molar-refractivity contribution in [2.45, 2.75) is 26.4 Å². The van der Waals surface area contributed by atoms with Crippen molar-refractivity contribution in [3.05, 3.63) is 53.6 Å². The Morgan fingerprint density at radius 2 is 1.75 bits per heavy atom. The molecule has 0 fully saturated rings. The van der Waals surface area contributed by atoms with Crippen molar-refractivity contribution in [3.8, 4) is 17.2 Å². The Balaban J connectivity index is 2.31. The highest BCUT2D eigenvalue weighted by Gasteiger charge is 2.23. The molecule has 0 aliphatic rings. The fourth-order valence-electron chi connectivity index (χ4n) is 2.69. The number of carbonyl (C=O) groups excluding carboxylic acids is 1. The van der Waals surface area contributed by atoms with Gasteiger partial charge in [-0.15, -0.1) is 0 Å². The fourth-order valence-corrected chi connectivity index (χ4v) is 3.14. The Labute approximate surface area is 166 Å². The van der Waals surface area contributed by atoms with Crippen LogP contribution in [-0.4, -0.2) is 45.7 Å². The number of methoxy groups -OCH3 is 2. The first kappa shape index (κ1) is 21.6. The van der Waals surface area contributed by atoms with Crippen LogP contribution in [0.1, 0.15) is 29.8 Å². The van der Waals surface area contributed by atoms with Crippen LogP contribution in [0.3, 0.4) is 0 Å². The summed E-state index contributed by atoms with van der Waals surface area (Å²) in [5.74, 6) is 1.02. The van der Waals surface area contributed by atoms with Gasteiger partial charge in [-0.05, 0) is 43.7 Å². The molecule has 0 saturated carbocycles. The summed E-state index contributed by atoms with van der Waals surface area (Å²) < 4.78 is 38.2. The van der Waals surface area contributed by atoms with Gasteiger partial charge in [0.2, 0.25) is 0 Å². The van der Waals surface area contributed by atoms with Crippen LogP contribution in [0, 0.1) is 0 Å². The molecule has 2 rings (SSSR count). The highest BCUT2D eigenvalue weighted by atomic mass is 32.2. The molecule has 0 spiro atoms. The first-order chi connectivity index (χ1) is 13.1. The van der Waals surface area contributed by atoms with Crippen molar-refractivity contribution >= 4 is 16.0 Å². The second-order valence-corrected chi connectivity index (χ2v) is 8.10. The third-order valence-electron chi connectivity index (χ3n) is 4.02. The molecule has 0 aliphatic carbocycles. The van der Waals surface area contributed by atoms with Gasteiger partial charge in [-0.25, -0.2) is 0 Å². The molecule has 8 heteroatoms. The number of amides is 1. The standard InChI is InChI=1S/C20H25NO6S/c1-14(2)21(13-15-7-6-8-17(11-15)27-28(5,23)24)20(22)18-10-9-16(25-3)12-19(18)26-4/h6-12,14H,13H2,1-5H3. The average molecular weight is 407 g/mol. The van der Waals surface area contributed by atoms with E-state index >= 15 is 0 Å². The van der Waals surface area contributed by atoms with Crippen LogP contribution < -0.4 is 13.7 Å². The van der Waals surface area contributed by atoms with Crippen molar-refractivity contribution in [1.82, 2.24) is 4.90 Å². The summed E-state index contributed by atoms with van der Waals surface area (Å²) in [7, 11) is -0.581. The number of hydrogen-bond donors (Lipinski definition) is 0. The maximum atomic E-state index is 13.2. The van der Waals surface area contributed by atoms with Gasteiger partial charge in [0.1, 0.15) is 17.2 Å². The van der Waals surface area contributed by atoms with Crippen molar-refractivity contribution in [1.29, 1.82) is 0 Å². The summed E-state index contributed by atoms with van der Waals surface area (Å²) in [6.07, 6.45) is 0.986. The zero-order valence-corrected chi connectivity index (χ0v) is 17.4. The lowest BCUT2D eigenvalue weighted by Crippen LogP contribution is -2.36. The minimum absolute atomic E-state index is 0.0983. The quantitative estimate of drug-likeness (QED) is 0.626. The molecule has 0 radical (unpaired) electrons. The average Bonchev–Trinajstić information content (AvgIpc) is 2.63. The molecule has 7 nitrogen and oxygen atoms in total. The van der Waals surface area contributed by atoms with E-state index in [-0.39, 0.29) is 24.2 Å². The van der Waals surface area contributed by atoms with Crippen molar-refractivity contribution in [2.24, 2.45) is 0 Å². The molecule has 0 N–H and O–H groups in total. The normalized spacial score (nSPS) is 11.2. The lowest BCUT2D eigenvalue weighted by Gasteiger charge is -2.28. The Bertz CT molecular complexity index is 939. The molecule has 28 heavy (non-hydrogen) atoms. The summed E-state index contributed by atoms with van der Waals surface area (Å²) >= 11 is 0. The van der Waals surface area contributed by atoms with E-state index in [1.165, 1.54) is 7.11 Å². The maximum Gasteiger partial charge on any atom is 0.306 e. The smallest absolute Gasteiger partial charge is 0.306 e. The van der Waals surface area contributed by atoms with E-state index in [0.29, 0.717) is 17.1 Å². The van der Waals surface area contributed by atoms with E-state index < -0.39 is 10.1 Å². The van der Waals surface area contributed by atoms with Gasteiger partial charge < -0.3 is 18.6 Å². The first-order valence-corrected chi connectivity index (χ1v) is 10.5. The van der Waals surface area contributed by atoms with Crippen LogP contribution in [0.4, 0.5) is 0 Å². The topological polar surface area (TPSA) is 82.1 Å². The lowest BCUT2D eigenvalue weighted by atomic mass is 10.1. The fraction of sp³-hybridized carbons (Fsp3) is 0.350. The number of ether oxygens (including phenoxy) is 2. The van der Waals surface area contributed by atoms with Crippen LogP contribution in [-0.2, 0) is 16.7 Å². The Morgan fingerprint density at radius 1 is 1.04 bits per heavy atom. The zero-order chi connectivity index (χ0) is 20.9. The summed E-state index contributed by atoms with van der Waals surface area (Å²) in [5, 5.41) is 0. The third kappa shape index (κ3) is 5.63. The van der Waals surface area contributed by atoms with Gasteiger partial charge in [-0.2, -0.15) is 8.42 Å². The molecule has 2 aromatic carbocycles. The second kappa shape index (κ2) is 8.97. The summed E-state index contributed by atoms with van der Waals surface area (Å²) in [6.45, 7) is 4.10. The van der Waals surface area contributed by atoms with Crippen molar-refractivity contribution < 1.29 is 26.9 Å². The van der Waals surface area contributed by atoms with E-state index in [2.05, 4.69) is 0 Å². The van der Waals surface area contributed by atoms with Crippen LogP contribution in [0.2, 0.25) is 0 Å². The summed E-state index contributed by atoms with van der Waals surface area (Å²) in [5.41, 5.74) is 1.16. The van der Waals surface area contributed by atoms with Gasteiger partial charge in [0.05, 0.1) is 26.0 Å². The first-order valence-electron chi connectivity index (χ1n) is 8.66. The molecule has 0 atom stereocenters. The Kier molecular flexibility index (Phi) is 6.90. The summed E-state index contributed by atoms with van der Waals surface area (Å²) in [4.78, 5) is 14.8. The van der Waals surface area contributed by atoms with E-state index in [9.17, 15) is 13.2 Å². The Morgan fingerprint density at radius 3 is 2.32 bits per heavy atom. The van der Waals surface area contributed by atoms with Crippen molar-refractivity contribution in [2.75, 3.05) is 20.5 Å². The SMILES string of the molecule is COc1ccc(C(=O)N(Cc2cccc(OS(C)(=O)=O)c2)C(C)C)c(OC)c1. The number of hydrogen-bond acceptors (Lipinski definition) is 6. The van der Waals surface area contributed by atoms with Gasteiger partial charge in [-0.1, -0.05) is 12.1 Å². The monoisotopic (exact) mass is 407 g/mol. The third-order valence-corrected chi connectivity index (χ3v) is 4.52. The minimum atomic E-state index is -3.62. The molecule has 0 heterocycles. The van der Waals surface area contributed by atoms with Gasteiger partial charge in [-0.3, -0.25) is 4.79 Å². The number of rotatable bonds is 8. The molecular formula is C20H25NO6S. The predicted octanol–water partition coefficient (Wildman–Crippen LogP) is 3.09. The largest absolute Gasteiger partial charge is 0.497 e. The molecule has 1 amide bonds. The molecule has 0 unspecified atom stereocenters. The van der Waals surface area contributed by atoms with Crippen molar-refractivity contribution in [3.63, 3.8) is 0 Å². The summed E-state index contributed by atoms with van der Waals surface area (Å²) in [6, 6.07) is 11.6. The molecule has 2 aromatic rings. The van der Waals surface area contributed by atoms with Gasteiger partial charge in [0, 0.05) is 18.7 Å². The molecule has 0 bridgehead atoms. The van der Waals surface area contributed by atoms with Gasteiger partial charge >= 0.3 is 10.1 Å². The predicted molar refractivity (Wildman–Crippen MR) is 106 cm³/mol. The maximum absolute atomic E-state index is 13.2.